The van der Waals surface area contributed by atoms with Crippen molar-refractivity contribution < 1.29 is 14.6 Å². The third-order valence-corrected chi connectivity index (χ3v) is 3.63. The first kappa shape index (κ1) is 13.1. The van der Waals surface area contributed by atoms with Crippen molar-refractivity contribution in [1.82, 2.24) is 9.55 Å². The molecule has 0 radical (unpaired) electrons. The Hall–Kier alpha value is -1.36. The lowest BCUT2D eigenvalue weighted by Crippen LogP contribution is -2.27. The summed E-state index contributed by atoms with van der Waals surface area (Å²) in [5, 5.41) is 8.91. The van der Waals surface area contributed by atoms with Crippen LogP contribution in [0.3, 0.4) is 0 Å². The zero-order valence-corrected chi connectivity index (χ0v) is 10.7. The molecule has 5 heteroatoms. The highest BCUT2D eigenvalue weighted by Gasteiger charge is 2.26. The third kappa shape index (κ3) is 3.32. The Kier molecular flexibility index (Phi) is 4.36. The fraction of sp³-hybridized carbons (Fsp3) is 0.692. The molecule has 18 heavy (non-hydrogen) atoms. The summed E-state index contributed by atoms with van der Waals surface area (Å²) in [6.07, 6.45) is 7.16. The van der Waals surface area contributed by atoms with Gasteiger partial charge in [0.15, 0.2) is 0 Å². The van der Waals surface area contributed by atoms with Crippen LogP contribution in [0.25, 0.3) is 0 Å². The van der Waals surface area contributed by atoms with E-state index in [-0.39, 0.29) is 12.0 Å². The van der Waals surface area contributed by atoms with E-state index in [1.54, 1.807) is 6.20 Å². The number of ether oxygens (including phenoxy) is 1. The average molecular weight is 252 g/mol. The second-order valence-electron chi connectivity index (χ2n) is 4.85. The Morgan fingerprint density at radius 2 is 2.22 bits per heavy atom. The van der Waals surface area contributed by atoms with E-state index in [1.807, 2.05) is 13.1 Å². The van der Waals surface area contributed by atoms with Crippen LogP contribution in [0.5, 0.6) is 0 Å². The van der Waals surface area contributed by atoms with Crippen LogP contribution in [0.1, 0.15) is 31.5 Å². The number of nitrogens with zero attached hydrogens (tertiary/aromatic N) is 2. The zero-order valence-electron chi connectivity index (χ0n) is 10.7. The molecule has 0 atom stereocenters. The van der Waals surface area contributed by atoms with Gasteiger partial charge in [-0.25, -0.2) is 4.98 Å². The second kappa shape index (κ2) is 6.00. The van der Waals surface area contributed by atoms with E-state index in [0.29, 0.717) is 6.61 Å². The fourth-order valence-corrected chi connectivity index (χ4v) is 2.43. The van der Waals surface area contributed by atoms with Gasteiger partial charge in [0.05, 0.1) is 18.6 Å². The molecule has 0 unspecified atom stereocenters. The maximum atomic E-state index is 10.8. The van der Waals surface area contributed by atoms with Crippen LogP contribution in [-0.2, 0) is 16.1 Å². The first-order valence-corrected chi connectivity index (χ1v) is 6.49. The molecule has 0 amide bonds. The summed E-state index contributed by atoms with van der Waals surface area (Å²) < 4.78 is 7.86. The maximum Gasteiger partial charge on any atom is 0.306 e. The smallest absolute Gasteiger partial charge is 0.306 e. The first-order chi connectivity index (χ1) is 8.66. The highest BCUT2D eigenvalue weighted by molar-refractivity contribution is 5.70. The Morgan fingerprint density at radius 1 is 1.50 bits per heavy atom. The molecule has 1 N–H and O–H groups in total. The molecule has 1 fully saturated rings. The van der Waals surface area contributed by atoms with Crippen LogP contribution < -0.4 is 0 Å². The number of carbonyl (C=O) groups is 1. The van der Waals surface area contributed by atoms with Crippen LogP contribution in [0, 0.1) is 12.8 Å². The molecule has 1 saturated carbocycles. The molecular weight excluding hydrogens is 232 g/mol. The molecule has 100 valence electrons. The number of carboxylic acids is 1. The summed E-state index contributed by atoms with van der Waals surface area (Å²) in [5.74, 6) is 0.163. The van der Waals surface area contributed by atoms with Crippen molar-refractivity contribution in [2.24, 2.45) is 5.92 Å². The normalized spacial score (nSPS) is 24.1. The highest BCUT2D eigenvalue weighted by Crippen LogP contribution is 2.26. The van der Waals surface area contributed by atoms with Gasteiger partial charge in [-0.1, -0.05) is 0 Å². The van der Waals surface area contributed by atoms with Crippen molar-refractivity contribution in [2.75, 3.05) is 6.61 Å². The molecule has 1 aromatic rings. The van der Waals surface area contributed by atoms with Gasteiger partial charge in [0.1, 0.15) is 5.82 Å². The molecule has 0 saturated heterocycles. The second-order valence-corrected chi connectivity index (χ2v) is 4.85. The number of carboxylic acid groups (broad SMARTS) is 1. The van der Waals surface area contributed by atoms with Crippen molar-refractivity contribution in [2.45, 2.75) is 45.3 Å². The molecule has 0 bridgehead atoms. The maximum absolute atomic E-state index is 10.8. The Labute approximate surface area is 107 Å². The Bertz CT molecular complexity index is 395. The molecule has 1 aromatic heterocycles. The van der Waals surface area contributed by atoms with Crippen molar-refractivity contribution in [1.29, 1.82) is 0 Å². The van der Waals surface area contributed by atoms with E-state index in [2.05, 4.69) is 9.55 Å². The van der Waals surface area contributed by atoms with Crippen LogP contribution in [-0.4, -0.2) is 33.3 Å². The molecule has 1 aliphatic rings. The van der Waals surface area contributed by atoms with Crippen molar-refractivity contribution in [3.63, 3.8) is 0 Å². The van der Waals surface area contributed by atoms with Gasteiger partial charge >= 0.3 is 5.97 Å². The predicted octanol–water partition coefficient (Wildman–Crippen LogP) is 1.85. The number of rotatable bonds is 5. The van der Waals surface area contributed by atoms with E-state index >= 15 is 0 Å². The van der Waals surface area contributed by atoms with Gasteiger partial charge in [0, 0.05) is 18.9 Å². The van der Waals surface area contributed by atoms with Gasteiger partial charge < -0.3 is 14.4 Å². The van der Waals surface area contributed by atoms with E-state index in [4.69, 9.17) is 9.84 Å². The van der Waals surface area contributed by atoms with Crippen LogP contribution in [0.4, 0.5) is 0 Å². The number of aryl methyl sites for hydroxylation is 1. The summed E-state index contributed by atoms with van der Waals surface area (Å²) in [6, 6.07) is 0. The van der Waals surface area contributed by atoms with E-state index < -0.39 is 5.97 Å². The molecule has 2 rings (SSSR count). The number of aliphatic carboxylic acids is 1. The minimum atomic E-state index is -0.664. The predicted molar refractivity (Wildman–Crippen MR) is 66.3 cm³/mol. The molecule has 1 aliphatic carbocycles. The average Bonchev–Trinajstić information content (AvgIpc) is 2.76. The SMILES string of the molecule is Cc1nccn1CCOC1CCC(C(=O)O)CC1. The Morgan fingerprint density at radius 3 is 2.78 bits per heavy atom. The van der Waals surface area contributed by atoms with Gasteiger partial charge in [-0.05, 0) is 32.6 Å². The van der Waals surface area contributed by atoms with Crippen LogP contribution in [0.2, 0.25) is 0 Å². The quantitative estimate of drug-likeness (QED) is 0.868. The van der Waals surface area contributed by atoms with Gasteiger partial charge in [-0.2, -0.15) is 0 Å². The summed E-state index contributed by atoms with van der Waals surface area (Å²) in [4.78, 5) is 15.0. The van der Waals surface area contributed by atoms with E-state index in [1.165, 1.54) is 0 Å². The monoisotopic (exact) mass is 252 g/mol. The number of hydrogen-bond donors (Lipinski definition) is 1. The topological polar surface area (TPSA) is 64.4 Å². The highest BCUT2D eigenvalue weighted by atomic mass is 16.5. The largest absolute Gasteiger partial charge is 0.481 e. The summed E-state index contributed by atoms with van der Waals surface area (Å²) >= 11 is 0. The minimum absolute atomic E-state index is 0.166. The van der Waals surface area contributed by atoms with E-state index in [9.17, 15) is 4.79 Å². The first-order valence-electron chi connectivity index (χ1n) is 6.49. The number of hydrogen-bond acceptors (Lipinski definition) is 3. The van der Waals surface area contributed by atoms with E-state index in [0.717, 1.165) is 38.1 Å². The van der Waals surface area contributed by atoms with Crippen molar-refractivity contribution in [3.8, 4) is 0 Å². The van der Waals surface area contributed by atoms with Gasteiger partial charge in [0.25, 0.3) is 0 Å². The minimum Gasteiger partial charge on any atom is -0.481 e. The lowest BCUT2D eigenvalue weighted by Gasteiger charge is -2.26. The third-order valence-electron chi connectivity index (χ3n) is 3.63. The van der Waals surface area contributed by atoms with Crippen LogP contribution >= 0.6 is 0 Å². The standard InChI is InChI=1S/C13H20N2O3/c1-10-14-6-7-15(10)8-9-18-12-4-2-11(3-5-12)13(16)17/h6-7,11-12H,2-5,8-9H2,1H3,(H,16,17). The lowest BCUT2D eigenvalue weighted by molar-refractivity contribution is -0.143. The zero-order chi connectivity index (χ0) is 13.0. The summed E-state index contributed by atoms with van der Waals surface area (Å²) in [6.45, 7) is 3.45. The lowest BCUT2D eigenvalue weighted by atomic mass is 9.87. The fourth-order valence-electron chi connectivity index (χ4n) is 2.43. The van der Waals surface area contributed by atoms with Crippen LogP contribution in [0.15, 0.2) is 12.4 Å². The van der Waals surface area contributed by atoms with Gasteiger partial charge in [0.2, 0.25) is 0 Å². The molecular formula is C13H20N2O3. The molecule has 0 spiro atoms. The van der Waals surface area contributed by atoms with Gasteiger partial charge in [-0.3, -0.25) is 4.79 Å². The molecule has 5 nitrogen and oxygen atoms in total. The summed E-state index contributed by atoms with van der Waals surface area (Å²) in [7, 11) is 0. The number of imidazole rings is 1. The molecule has 0 aromatic carbocycles. The van der Waals surface area contributed by atoms with Crippen molar-refractivity contribution >= 4 is 5.97 Å². The summed E-state index contributed by atoms with van der Waals surface area (Å²) in [5.41, 5.74) is 0. The number of aromatic nitrogens is 2. The Balaban J connectivity index is 1.67. The van der Waals surface area contributed by atoms with Crippen molar-refractivity contribution in [3.05, 3.63) is 18.2 Å². The molecule has 1 heterocycles. The molecule has 0 aliphatic heterocycles. The van der Waals surface area contributed by atoms with Gasteiger partial charge in [-0.15, -0.1) is 0 Å².